The van der Waals surface area contributed by atoms with Gasteiger partial charge in [-0.15, -0.1) is 0 Å². The number of rotatable bonds is 16. The monoisotopic (exact) mass is 823 g/mol. The summed E-state index contributed by atoms with van der Waals surface area (Å²) in [6.45, 7) is 4.57. The topological polar surface area (TPSA) is 148 Å². The van der Waals surface area contributed by atoms with Crippen LogP contribution in [0.1, 0.15) is 101 Å². The van der Waals surface area contributed by atoms with Crippen LogP contribution >= 0.6 is 0 Å². The molecule has 1 saturated heterocycles. The molecule has 2 N–H and O–H groups in total. The molecule has 0 atom stereocenters. The van der Waals surface area contributed by atoms with Gasteiger partial charge >= 0.3 is 0 Å². The van der Waals surface area contributed by atoms with Crippen molar-refractivity contribution in [2.75, 3.05) is 56.7 Å². The first-order chi connectivity index (χ1) is 29.2. The normalized spacial score (nSPS) is 18.2. The van der Waals surface area contributed by atoms with Crippen LogP contribution in [0.2, 0.25) is 0 Å². The molecule has 0 radical (unpaired) electrons. The van der Waals surface area contributed by atoms with Gasteiger partial charge < -0.3 is 24.6 Å². The van der Waals surface area contributed by atoms with E-state index >= 15 is 0 Å². The molecule has 2 fully saturated rings. The number of nitrogens with zero attached hydrogens (tertiary/aromatic N) is 7. The van der Waals surface area contributed by atoms with Crippen molar-refractivity contribution in [3.8, 4) is 11.5 Å². The molecule has 14 nitrogen and oxygen atoms in total. The molecule has 8 rings (SSSR count). The number of alkyl halides is 2. The average Bonchev–Trinajstić information content (AvgIpc) is 3.88. The highest BCUT2D eigenvalue weighted by Crippen LogP contribution is 2.36. The zero-order valence-electron chi connectivity index (χ0n) is 33.8. The van der Waals surface area contributed by atoms with Crippen LogP contribution in [0.3, 0.4) is 0 Å². The molecule has 1 saturated carbocycles. The van der Waals surface area contributed by atoms with Crippen molar-refractivity contribution >= 4 is 34.9 Å². The standard InChI is InChI=1S/C44H51F2N9O5/c1-52(19-5-3-2-4-7-29-12-16-33(17-13-29)60-36-9-6-8-31-25-38(56)50-44(58)39(31)36)27-30-10-14-32(15-11-30)55-28-35(40(51-55)41(45)46)48-43(57)34-26-47-54-20-18-37(49-42(34)54)53-21-23-59-24-22-53/h6,8-9,12-13,16-18,20,26,28,30,32,41H,2-5,7,10-11,14-15,19,21-25,27H2,1H3,(H,48,57)(H,50,56,58). The van der Waals surface area contributed by atoms with E-state index in [0.29, 0.717) is 66.3 Å². The number of carbonyl (C=O) groups excluding carboxylic acids is 3. The molecule has 0 unspecified atom stereocenters. The van der Waals surface area contributed by atoms with Gasteiger partial charge in [-0.1, -0.05) is 37.1 Å². The van der Waals surface area contributed by atoms with E-state index in [-0.39, 0.29) is 29.6 Å². The van der Waals surface area contributed by atoms with Gasteiger partial charge in [0.2, 0.25) is 5.91 Å². The van der Waals surface area contributed by atoms with E-state index in [1.807, 2.05) is 18.2 Å². The Balaban J connectivity index is 0.748. The minimum absolute atomic E-state index is 0.00327. The zero-order valence-corrected chi connectivity index (χ0v) is 33.8. The molecule has 5 aromatic rings. The second-order valence-corrected chi connectivity index (χ2v) is 16.1. The fraction of sp³-hybridized carbons (Fsp3) is 0.455. The van der Waals surface area contributed by atoms with Gasteiger partial charge in [-0.3, -0.25) is 24.4 Å². The number of carbonyl (C=O) groups is 3. The Kier molecular flexibility index (Phi) is 12.8. The molecule has 316 valence electrons. The van der Waals surface area contributed by atoms with Crippen molar-refractivity contribution in [2.45, 2.75) is 76.7 Å². The number of morpholine rings is 1. The van der Waals surface area contributed by atoms with Crippen LogP contribution in [0.5, 0.6) is 11.5 Å². The lowest BCUT2D eigenvalue weighted by molar-refractivity contribution is -0.119. The fourth-order valence-electron chi connectivity index (χ4n) is 8.54. The van der Waals surface area contributed by atoms with E-state index in [1.54, 1.807) is 35.3 Å². The number of fused-ring (bicyclic) bond motifs is 2. The summed E-state index contributed by atoms with van der Waals surface area (Å²) < 4.78 is 43.0. The van der Waals surface area contributed by atoms with E-state index in [2.05, 4.69) is 54.8 Å². The molecule has 5 heterocycles. The maximum Gasteiger partial charge on any atom is 0.284 e. The van der Waals surface area contributed by atoms with E-state index in [1.165, 1.54) is 16.3 Å². The highest BCUT2D eigenvalue weighted by atomic mass is 19.3. The van der Waals surface area contributed by atoms with Crippen molar-refractivity contribution in [3.63, 3.8) is 0 Å². The van der Waals surface area contributed by atoms with Crippen molar-refractivity contribution in [3.05, 3.63) is 95.1 Å². The summed E-state index contributed by atoms with van der Waals surface area (Å²) in [7, 11) is 2.17. The molecule has 0 bridgehead atoms. The van der Waals surface area contributed by atoms with Crippen molar-refractivity contribution in [1.29, 1.82) is 0 Å². The Morgan fingerprint density at radius 1 is 1.02 bits per heavy atom. The summed E-state index contributed by atoms with van der Waals surface area (Å²) >= 11 is 0. The number of hydrogen-bond donors (Lipinski definition) is 2. The van der Waals surface area contributed by atoms with Gasteiger partial charge in [0.15, 0.2) is 11.3 Å². The third-order valence-corrected chi connectivity index (χ3v) is 11.8. The van der Waals surface area contributed by atoms with E-state index in [0.717, 1.165) is 70.9 Å². The predicted octanol–water partition coefficient (Wildman–Crippen LogP) is 7.02. The SMILES string of the molecule is CN(CCCCCCc1ccc(Oc2cccc3c2C(=O)NC(=O)C3)cc1)CC1CCC(n2cc(NC(=O)c3cnn4ccc(N5CCOCC5)nc34)c(C(F)F)n2)CC1. The first-order valence-electron chi connectivity index (χ1n) is 21.0. The van der Waals surface area contributed by atoms with Gasteiger partial charge in [0.05, 0.1) is 43.1 Å². The number of benzene rings is 2. The lowest BCUT2D eigenvalue weighted by Gasteiger charge is -2.31. The lowest BCUT2D eigenvalue weighted by Crippen LogP contribution is -2.37. The number of halogens is 2. The molecular formula is C44H51F2N9O5. The number of unbranched alkanes of at least 4 members (excludes halogenated alkanes) is 3. The Morgan fingerprint density at radius 3 is 2.58 bits per heavy atom. The number of nitrogens with one attached hydrogen (secondary N) is 2. The zero-order chi connectivity index (χ0) is 41.6. The molecule has 2 aromatic carbocycles. The van der Waals surface area contributed by atoms with E-state index < -0.39 is 23.9 Å². The first-order valence-corrected chi connectivity index (χ1v) is 21.0. The number of aryl methyl sites for hydroxylation is 1. The number of imide groups is 1. The van der Waals surface area contributed by atoms with Crippen molar-refractivity contribution in [2.24, 2.45) is 5.92 Å². The summed E-state index contributed by atoms with van der Waals surface area (Å²) in [5.74, 6) is 1.01. The number of ether oxygens (including phenoxy) is 2. The van der Waals surface area contributed by atoms with Crippen LogP contribution in [0, 0.1) is 5.92 Å². The molecule has 3 aliphatic rings. The lowest BCUT2D eigenvalue weighted by atomic mass is 9.86. The van der Waals surface area contributed by atoms with Gasteiger partial charge in [0, 0.05) is 32.0 Å². The highest BCUT2D eigenvalue weighted by molar-refractivity contribution is 6.11. The molecule has 2 aliphatic heterocycles. The second kappa shape index (κ2) is 18.7. The predicted molar refractivity (Wildman–Crippen MR) is 221 cm³/mol. The highest BCUT2D eigenvalue weighted by Gasteiger charge is 2.29. The Bertz CT molecular complexity index is 2300. The van der Waals surface area contributed by atoms with Crippen LogP contribution in [-0.4, -0.2) is 93.4 Å². The minimum Gasteiger partial charge on any atom is -0.457 e. The molecule has 0 spiro atoms. The third kappa shape index (κ3) is 9.65. The number of anilines is 2. The van der Waals surface area contributed by atoms with Gasteiger partial charge in [0.25, 0.3) is 18.2 Å². The van der Waals surface area contributed by atoms with Gasteiger partial charge in [-0.25, -0.2) is 18.3 Å². The van der Waals surface area contributed by atoms with Crippen LogP contribution < -0.4 is 20.3 Å². The fourth-order valence-corrected chi connectivity index (χ4v) is 8.54. The van der Waals surface area contributed by atoms with Gasteiger partial charge in [-0.05, 0) is 99.8 Å². The summed E-state index contributed by atoms with van der Waals surface area (Å²) in [5.41, 5.74) is 2.42. The third-order valence-electron chi connectivity index (χ3n) is 11.8. The summed E-state index contributed by atoms with van der Waals surface area (Å²) in [6.07, 6.45) is 11.1. The van der Waals surface area contributed by atoms with E-state index in [9.17, 15) is 23.2 Å². The molecule has 3 aromatic heterocycles. The first kappa shape index (κ1) is 41.0. The second-order valence-electron chi connectivity index (χ2n) is 16.1. The van der Waals surface area contributed by atoms with Crippen LogP contribution in [0.25, 0.3) is 5.65 Å². The Labute approximate surface area is 347 Å². The van der Waals surface area contributed by atoms with Crippen molar-refractivity contribution in [1.82, 2.24) is 34.6 Å². The summed E-state index contributed by atoms with van der Waals surface area (Å²) in [5, 5.41) is 13.6. The minimum atomic E-state index is -2.84. The number of aromatic nitrogens is 5. The molecular weight excluding hydrogens is 773 g/mol. The van der Waals surface area contributed by atoms with E-state index in [4.69, 9.17) is 9.47 Å². The average molecular weight is 824 g/mol. The largest absolute Gasteiger partial charge is 0.457 e. The summed E-state index contributed by atoms with van der Waals surface area (Å²) in [6, 6.07) is 15.1. The van der Waals surface area contributed by atoms with Crippen molar-refractivity contribution < 1.29 is 32.6 Å². The molecule has 1 aliphatic carbocycles. The summed E-state index contributed by atoms with van der Waals surface area (Å²) in [4.78, 5) is 46.7. The van der Waals surface area contributed by atoms with Crippen LogP contribution in [-0.2, 0) is 22.4 Å². The molecule has 3 amide bonds. The van der Waals surface area contributed by atoms with Gasteiger partial charge in [-0.2, -0.15) is 10.2 Å². The molecule has 60 heavy (non-hydrogen) atoms. The quantitative estimate of drug-likeness (QED) is 0.0786. The maximum atomic E-state index is 14.2. The maximum absolute atomic E-state index is 14.2. The van der Waals surface area contributed by atoms with Crippen LogP contribution in [0.4, 0.5) is 20.3 Å². The Morgan fingerprint density at radius 2 is 1.80 bits per heavy atom. The number of hydrogen-bond acceptors (Lipinski definition) is 10. The number of amides is 3. The van der Waals surface area contributed by atoms with Crippen LogP contribution in [0.15, 0.2) is 67.1 Å². The smallest absolute Gasteiger partial charge is 0.284 e. The Hall–Kier alpha value is -5.74. The van der Waals surface area contributed by atoms with Gasteiger partial charge in [0.1, 0.15) is 22.9 Å². The molecule has 16 heteroatoms.